The molecule has 2 aromatic rings. The number of nitrogens with zero attached hydrogens (tertiary/aromatic N) is 3. The van der Waals surface area contributed by atoms with Crippen LogP contribution in [-0.2, 0) is 5.41 Å². The highest BCUT2D eigenvalue weighted by molar-refractivity contribution is 5.33. The largest absolute Gasteiger partial charge is 0.492 e. The maximum Gasteiger partial charge on any atom is 0.123 e. The van der Waals surface area contributed by atoms with Crippen LogP contribution in [0.15, 0.2) is 48.5 Å². The molecule has 2 aromatic carbocycles. The van der Waals surface area contributed by atoms with Crippen LogP contribution in [0.2, 0.25) is 0 Å². The molecule has 1 aliphatic carbocycles. The van der Waals surface area contributed by atoms with Gasteiger partial charge in [-0.15, -0.1) is 0 Å². The van der Waals surface area contributed by atoms with Crippen molar-refractivity contribution in [3.63, 3.8) is 0 Å². The van der Waals surface area contributed by atoms with Crippen LogP contribution in [-0.4, -0.2) is 55.2 Å². The van der Waals surface area contributed by atoms with E-state index in [1.54, 1.807) is 24.3 Å². The van der Waals surface area contributed by atoms with E-state index in [9.17, 15) is 14.0 Å². The van der Waals surface area contributed by atoms with Gasteiger partial charge >= 0.3 is 0 Å². The third-order valence-corrected chi connectivity index (χ3v) is 6.83. The standard InChI is InChI=1S/C25H29F2N3O/c26-21-3-1-20(2-4-21)25(19-28)11-9-23(10-12-25)30-15-13-29(14-16-30)17-18-31-24-7-5-22(27)6-8-24/h1-8,23H,9-18H2. The molecule has 2 fully saturated rings. The van der Waals surface area contributed by atoms with Crippen molar-refractivity contribution in [1.82, 2.24) is 9.80 Å². The first-order chi connectivity index (χ1) is 15.1. The zero-order chi connectivity index (χ0) is 21.7. The van der Waals surface area contributed by atoms with Crippen LogP contribution in [0.5, 0.6) is 5.75 Å². The van der Waals surface area contributed by atoms with Gasteiger partial charge in [0.15, 0.2) is 0 Å². The van der Waals surface area contributed by atoms with E-state index in [1.807, 2.05) is 0 Å². The highest BCUT2D eigenvalue weighted by Crippen LogP contribution is 2.40. The zero-order valence-corrected chi connectivity index (χ0v) is 17.8. The van der Waals surface area contributed by atoms with Crippen molar-refractivity contribution in [2.75, 3.05) is 39.3 Å². The molecule has 6 heteroatoms. The summed E-state index contributed by atoms with van der Waals surface area (Å²) < 4.78 is 32.0. The Hall–Kier alpha value is -2.49. The Morgan fingerprint density at radius 2 is 1.48 bits per heavy atom. The molecule has 0 unspecified atom stereocenters. The molecule has 2 aliphatic rings. The van der Waals surface area contributed by atoms with E-state index in [4.69, 9.17) is 4.74 Å². The van der Waals surface area contributed by atoms with Gasteiger partial charge in [-0.3, -0.25) is 9.80 Å². The molecule has 1 heterocycles. The van der Waals surface area contributed by atoms with Gasteiger partial charge in [-0.1, -0.05) is 12.1 Å². The number of hydrogen-bond donors (Lipinski definition) is 0. The third-order valence-electron chi connectivity index (χ3n) is 6.83. The van der Waals surface area contributed by atoms with Gasteiger partial charge in [-0.25, -0.2) is 8.78 Å². The van der Waals surface area contributed by atoms with Gasteiger partial charge in [-0.05, 0) is 67.6 Å². The van der Waals surface area contributed by atoms with Crippen molar-refractivity contribution in [2.24, 2.45) is 0 Å². The summed E-state index contributed by atoms with van der Waals surface area (Å²) in [5.41, 5.74) is 0.463. The summed E-state index contributed by atoms with van der Waals surface area (Å²) in [5.74, 6) is 0.187. The monoisotopic (exact) mass is 425 g/mol. The summed E-state index contributed by atoms with van der Waals surface area (Å²) >= 11 is 0. The van der Waals surface area contributed by atoms with Crippen LogP contribution in [0.1, 0.15) is 31.2 Å². The van der Waals surface area contributed by atoms with E-state index < -0.39 is 5.41 Å². The van der Waals surface area contributed by atoms with Gasteiger partial charge in [0.25, 0.3) is 0 Å². The Morgan fingerprint density at radius 3 is 2.06 bits per heavy atom. The lowest BCUT2D eigenvalue weighted by Gasteiger charge is -2.44. The number of hydrogen-bond acceptors (Lipinski definition) is 4. The fraction of sp³-hybridized carbons (Fsp3) is 0.480. The van der Waals surface area contributed by atoms with Gasteiger partial charge in [-0.2, -0.15) is 5.26 Å². The molecule has 0 spiro atoms. The van der Waals surface area contributed by atoms with Gasteiger partial charge < -0.3 is 4.74 Å². The molecule has 1 aliphatic heterocycles. The van der Waals surface area contributed by atoms with Crippen molar-refractivity contribution < 1.29 is 13.5 Å². The van der Waals surface area contributed by atoms with Crippen LogP contribution in [0, 0.1) is 23.0 Å². The molecule has 1 saturated carbocycles. The summed E-state index contributed by atoms with van der Waals surface area (Å²) in [4.78, 5) is 4.96. The highest BCUT2D eigenvalue weighted by Gasteiger charge is 2.39. The first-order valence-corrected chi connectivity index (χ1v) is 11.1. The van der Waals surface area contributed by atoms with Crippen molar-refractivity contribution in [2.45, 2.75) is 37.1 Å². The van der Waals surface area contributed by atoms with E-state index in [0.717, 1.165) is 64.0 Å². The number of benzene rings is 2. The van der Waals surface area contributed by atoms with E-state index >= 15 is 0 Å². The molecule has 0 amide bonds. The minimum absolute atomic E-state index is 0.254. The molecule has 164 valence electrons. The molecule has 0 bridgehead atoms. The molecule has 4 rings (SSSR count). The summed E-state index contributed by atoms with van der Waals surface area (Å²) in [6.45, 7) is 5.51. The lowest BCUT2D eigenvalue weighted by atomic mass is 9.69. The number of rotatable bonds is 6. The first-order valence-electron chi connectivity index (χ1n) is 11.1. The Bertz CT molecular complexity index is 878. The van der Waals surface area contributed by atoms with Crippen molar-refractivity contribution in [1.29, 1.82) is 5.26 Å². The zero-order valence-electron chi connectivity index (χ0n) is 17.8. The molecule has 1 saturated heterocycles. The van der Waals surface area contributed by atoms with Crippen molar-refractivity contribution >= 4 is 0 Å². The van der Waals surface area contributed by atoms with Gasteiger partial charge in [0.1, 0.15) is 24.0 Å². The molecule has 0 atom stereocenters. The third kappa shape index (κ3) is 5.23. The maximum absolute atomic E-state index is 13.3. The Kier molecular flexibility index (Phi) is 6.84. The van der Waals surface area contributed by atoms with E-state index in [2.05, 4.69) is 15.9 Å². The SMILES string of the molecule is N#CC1(c2ccc(F)cc2)CCC(N2CCN(CCOc3ccc(F)cc3)CC2)CC1. The summed E-state index contributed by atoms with van der Waals surface area (Å²) in [6, 6.07) is 15.6. The van der Waals surface area contributed by atoms with Gasteiger partial charge in [0, 0.05) is 38.8 Å². The highest BCUT2D eigenvalue weighted by atomic mass is 19.1. The predicted molar refractivity (Wildman–Crippen MR) is 116 cm³/mol. The van der Waals surface area contributed by atoms with Crippen LogP contribution in [0.25, 0.3) is 0 Å². The Labute approximate surface area is 183 Å². The van der Waals surface area contributed by atoms with E-state index in [-0.39, 0.29) is 11.6 Å². The van der Waals surface area contributed by atoms with Crippen LogP contribution >= 0.6 is 0 Å². The smallest absolute Gasteiger partial charge is 0.123 e. The normalized spacial score (nSPS) is 25.1. The minimum Gasteiger partial charge on any atom is -0.492 e. The molecule has 0 N–H and O–H groups in total. The number of piperazine rings is 1. The van der Waals surface area contributed by atoms with E-state index in [0.29, 0.717) is 18.4 Å². The lowest BCUT2D eigenvalue weighted by Crippen LogP contribution is -2.52. The van der Waals surface area contributed by atoms with E-state index in [1.165, 1.54) is 24.3 Å². The average Bonchev–Trinajstić information content (AvgIpc) is 2.81. The second kappa shape index (κ2) is 9.76. The molecular formula is C25H29F2N3O. The predicted octanol–water partition coefficient (Wildman–Crippen LogP) is 4.37. The van der Waals surface area contributed by atoms with Gasteiger partial charge in [0.05, 0.1) is 11.5 Å². The van der Waals surface area contributed by atoms with Crippen molar-refractivity contribution in [3.8, 4) is 11.8 Å². The van der Waals surface area contributed by atoms with Gasteiger partial charge in [0.2, 0.25) is 0 Å². The first kappa shape index (κ1) is 21.7. The second-order valence-electron chi connectivity index (χ2n) is 8.61. The quantitative estimate of drug-likeness (QED) is 0.689. The Balaban J connectivity index is 1.21. The van der Waals surface area contributed by atoms with Crippen molar-refractivity contribution in [3.05, 3.63) is 65.7 Å². The second-order valence-corrected chi connectivity index (χ2v) is 8.61. The lowest BCUT2D eigenvalue weighted by molar-refractivity contribution is 0.0647. The fourth-order valence-electron chi connectivity index (χ4n) is 4.87. The number of nitriles is 1. The summed E-state index contributed by atoms with van der Waals surface area (Å²) in [7, 11) is 0. The summed E-state index contributed by atoms with van der Waals surface area (Å²) in [5, 5.41) is 9.88. The molecule has 0 aromatic heterocycles. The fourth-order valence-corrected chi connectivity index (χ4v) is 4.87. The molecular weight excluding hydrogens is 396 g/mol. The number of ether oxygens (including phenoxy) is 1. The topological polar surface area (TPSA) is 39.5 Å². The van der Waals surface area contributed by atoms with Crippen LogP contribution in [0.4, 0.5) is 8.78 Å². The number of halogens is 2. The average molecular weight is 426 g/mol. The minimum atomic E-state index is -0.482. The Morgan fingerprint density at radius 1 is 0.903 bits per heavy atom. The summed E-state index contributed by atoms with van der Waals surface area (Å²) in [6.07, 6.45) is 3.65. The molecule has 4 nitrogen and oxygen atoms in total. The maximum atomic E-state index is 13.3. The molecule has 0 radical (unpaired) electrons. The molecule has 31 heavy (non-hydrogen) atoms. The van der Waals surface area contributed by atoms with Crippen LogP contribution < -0.4 is 4.74 Å². The van der Waals surface area contributed by atoms with Crippen LogP contribution in [0.3, 0.4) is 0 Å².